The molecule has 1 saturated carbocycles. The largest absolute Gasteiger partial charge is 0.342 e. The predicted octanol–water partition coefficient (Wildman–Crippen LogP) is 4.11. The zero-order valence-electron chi connectivity index (χ0n) is 12.9. The number of rotatable bonds is 3. The Morgan fingerprint density at radius 3 is 2.30 bits per heavy atom. The second-order valence-corrected chi connectivity index (χ2v) is 7.13. The van der Waals surface area contributed by atoms with Crippen molar-refractivity contribution in [1.29, 1.82) is 0 Å². The highest BCUT2D eigenvalue weighted by Gasteiger charge is 2.58. The SMILES string of the molecule is O=C(Nc1cccc(Cl)c1Cl)C1(C(=O)N2CCCCCC2)CC1. The number of nitrogens with one attached hydrogen (secondary N) is 1. The van der Waals surface area contributed by atoms with Crippen molar-refractivity contribution in [2.45, 2.75) is 38.5 Å². The van der Waals surface area contributed by atoms with Crippen molar-refractivity contribution < 1.29 is 9.59 Å². The lowest BCUT2D eigenvalue weighted by atomic mass is 10.0. The summed E-state index contributed by atoms with van der Waals surface area (Å²) in [5.74, 6) is -0.300. The Kier molecular flexibility index (Phi) is 4.83. The fourth-order valence-electron chi connectivity index (χ4n) is 3.08. The predicted molar refractivity (Wildman–Crippen MR) is 91.8 cm³/mol. The molecular weight excluding hydrogens is 335 g/mol. The molecular formula is C17H20Cl2N2O2. The van der Waals surface area contributed by atoms with Crippen LogP contribution in [0.25, 0.3) is 0 Å². The van der Waals surface area contributed by atoms with E-state index in [0.717, 1.165) is 38.8 Å². The molecule has 23 heavy (non-hydrogen) atoms. The van der Waals surface area contributed by atoms with E-state index in [1.165, 1.54) is 0 Å². The molecule has 0 spiro atoms. The van der Waals surface area contributed by atoms with Crippen molar-refractivity contribution in [3.8, 4) is 0 Å². The fourth-order valence-corrected chi connectivity index (χ4v) is 3.43. The molecule has 1 heterocycles. The molecule has 0 bridgehead atoms. The van der Waals surface area contributed by atoms with Gasteiger partial charge in [-0.15, -0.1) is 0 Å². The summed E-state index contributed by atoms with van der Waals surface area (Å²) in [5, 5.41) is 3.48. The van der Waals surface area contributed by atoms with Gasteiger partial charge in [-0.25, -0.2) is 0 Å². The van der Waals surface area contributed by atoms with E-state index in [9.17, 15) is 9.59 Å². The van der Waals surface area contributed by atoms with Gasteiger partial charge in [0.1, 0.15) is 5.41 Å². The molecule has 3 rings (SSSR count). The lowest BCUT2D eigenvalue weighted by molar-refractivity contribution is -0.142. The Bertz CT molecular complexity index is 621. The van der Waals surface area contributed by atoms with Crippen LogP contribution in [0, 0.1) is 5.41 Å². The number of amides is 2. The summed E-state index contributed by atoms with van der Waals surface area (Å²) in [6.45, 7) is 1.51. The van der Waals surface area contributed by atoms with E-state index in [2.05, 4.69) is 5.32 Å². The average Bonchev–Trinajstić information content (AvgIpc) is 3.35. The van der Waals surface area contributed by atoms with Gasteiger partial charge in [0.2, 0.25) is 11.8 Å². The monoisotopic (exact) mass is 354 g/mol. The fraction of sp³-hybridized carbons (Fsp3) is 0.529. The van der Waals surface area contributed by atoms with E-state index in [0.29, 0.717) is 28.6 Å². The number of hydrogen-bond acceptors (Lipinski definition) is 2. The van der Waals surface area contributed by atoms with Crippen LogP contribution in [0.2, 0.25) is 10.0 Å². The van der Waals surface area contributed by atoms with E-state index < -0.39 is 5.41 Å². The second-order valence-electron chi connectivity index (χ2n) is 6.34. The topological polar surface area (TPSA) is 49.4 Å². The van der Waals surface area contributed by atoms with Crippen molar-refractivity contribution in [2.24, 2.45) is 5.41 Å². The van der Waals surface area contributed by atoms with Gasteiger partial charge in [-0.1, -0.05) is 42.1 Å². The molecule has 0 atom stereocenters. The normalized spacial score (nSPS) is 19.8. The van der Waals surface area contributed by atoms with Crippen molar-refractivity contribution in [2.75, 3.05) is 18.4 Å². The number of benzene rings is 1. The van der Waals surface area contributed by atoms with Crippen LogP contribution >= 0.6 is 23.2 Å². The van der Waals surface area contributed by atoms with Crippen molar-refractivity contribution in [3.63, 3.8) is 0 Å². The van der Waals surface area contributed by atoms with E-state index in [4.69, 9.17) is 23.2 Å². The number of anilines is 1. The first kappa shape index (κ1) is 16.6. The van der Waals surface area contributed by atoms with Crippen LogP contribution in [0.3, 0.4) is 0 Å². The molecule has 1 aromatic carbocycles. The lowest BCUT2D eigenvalue weighted by Crippen LogP contribution is -2.43. The Morgan fingerprint density at radius 1 is 1.04 bits per heavy atom. The van der Waals surface area contributed by atoms with Gasteiger partial charge in [-0.3, -0.25) is 9.59 Å². The Morgan fingerprint density at radius 2 is 1.70 bits per heavy atom. The first-order valence-electron chi connectivity index (χ1n) is 8.09. The zero-order chi connectivity index (χ0) is 16.4. The molecule has 2 amide bonds. The minimum Gasteiger partial charge on any atom is -0.342 e. The first-order valence-corrected chi connectivity index (χ1v) is 8.85. The molecule has 1 N–H and O–H groups in total. The molecule has 4 nitrogen and oxygen atoms in total. The van der Waals surface area contributed by atoms with Crippen LogP contribution in [0.15, 0.2) is 18.2 Å². The maximum Gasteiger partial charge on any atom is 0.240 e. The highest BCUT2D eigenvalue weighted by molar-refractivity contribution is 6.44. The maximum absolute atomic E-state index is 12.8. The molecule has 2 fully saturated rings. The third-order valence-electron chi connectivity index (χ3n) is 4.69. The summed E-state index contributed by atoms with van der Waals surface area (Å²) in [6, 6.07) is 5.08. The van der Waals surface area contributed by atoms with Gasteiger partial charge >= 0.3 is 0 Å². The third kappa shape index (κ3) is 3.33. The molecule has 2 aliphatic rings. The number of nitrogens with zero attached hydrogens (tertiary/aromatic N) is 1. The van der Waals surface area contributed by atoms with E-state index >= 15 is 0 Å². The Balaban J connectivity index is 1.73. The highest BCUT2D eigenvalue weighted by atomic mass is 35.5. The minimum atomic E-state index is -0.907. The quantitative estimate of drug-likeness (QED) is 0.830. The number of carbonyl (C=O) groups is 2. The molecule has 1 aliphatic heterocycles. The van der Waals surface area contributed by atoms with Gasteiger partial charge in [-0.05, 0) is 37.8 Å². The van der Waals surface area contributed by atoms with Crippen LogP contribution in [-0.2, 0) is 9.59 Å². The highest BCUT2D eigenvalue weighted by Crippen LogP contribution is 2.48. The number of likely N-dealkylation sites (tertiary alicyclic amines) is 1. The number of hydrogen-bond donors (Lipinski definition) is 1. The van der Waals surface area contributed by atoms with Gasteiger partial charge in [-0.2, -0.15) is 0 Å². The van der Waals surface area contributed by atoms with Gasteiger partial charge in [0, 0.05) is 13.1 Å². The standard InChI is InChI=1S/C17H20Cl2N2O2/c18-12-6-5-7-13(14(12)19)20-15(22)17(8-9-17)16(23)21-10-3-1-2-4-11-21/h5-7H,1-4,8-11H2,(H,20,22). The lowest BCUT2D eigenvalue weighted by Gasteiger charge is -2.25. The van der Waals surface area contributed by atoms with E-state index in [1.54, 1.807) is 18.2 Å². The smallest absolute Gasteiger partial charge is 0.240 e. The molecule has 1 aromatic rings. The van der Waals surface area contributed by atoms with Crippen LogP contribution < -0.4 is 5.32 Å². The maximum atomic E-state index is 12.8. The summed E-state index contributed by atoms with van der Waals surface area (Å²) in [7, 11) is 0. The molecule has 1 aliphatic carbocycles. The van der Waals surface area contributed by atoms with Crippen LogP contribution in [0.5, 0.6) is 0 Å². The van der Waals surface area contributed by atoms with Gasteiger partial charge in [0.25, 0.3) is 0 Å². The van der Waals surface area contributed by atoms with Crippen molar-refractivity contribution >= 4 is 40.7 Å². The van der Waals surface area contributed by atoms with E-state index in [-0.39, 0.29) is 11.8 Å². The second kappa shape index (κ2) is 6.70. The molecule has 124 valence electrons. The van der Waals surface area contributed by atoms with Gasteiger partial charge in [0.05, 0.1) is 15.7 Å². The summed E-state index contributed by atoms with van der Waals surface area (Å²) >= 11 is 12.1. The van der Waals surface area contributed by atoms with Gasteiger partial charge in [0.15, 0.2) is 0 Å². The van der Waals surface area contributed by atoms with Crippen molar-refractivity contribution in [3.05, 3.63) is 28.2 Å². The van der Waals surface area contributed by atoms with Crippen LogP contribution in [-0.4, -0.2) is 29.8 Å². The molecule has 0 unspecified atom stereocenters. The first-order chi connectivity index (χ1) is 11.0. The summed E-state index contributed by atoms with van der Waals surface area (Å²) in [4.78, 5) is 27.4. The zero-order valence-corrected chi connectivity index (χ0v) is 14.4. The number of carbonyl (C=O) groups excluding carboxylic acids is 2. The summed E-state index contributed by atoms with van der Waals surface area (Å²) in [5.41, 5.74) is -0.449. The number of halogens is 2. The summed E-state index contributed by atoms with van der Waals surface area (Å²) < 4.78 is 0. The van der Waals surface area contributed by atoms with Gasteiger partial charge < -0.3 is 10.2 Å². The molecule has 0 radical (unpaired) electrons. The van der Waals surface area contributed by atoms with E-state index in [1.807, 2.05) is 4.90 Å². The molecule has 6 heteroatoms. The van der Waals surface area contributed by atoms with Crippen LogP contribution in [0.4, 0.5) is 5.69 Å². The Labute approximate surface area is 146 Å². The minimum absolute atomic E-state index is 0.0324. The van der Waals surface area contributed by atoms with Crippen molar-refractivity contribution in [1.82, 2.24) is 4.90 Å². The van der Waals surface area contributed by atoms with Crippen LogP contribution in [0.1, 0.15) is 38.5 Å². The third-order valence-corrected chi connectivity index (χ3v) is 5.51. The molecule has 0 aromatic heterocycles. The average molecular weight is 355 g/mol. The summed E-state index contributed by atoms with van der Waals surface area (Å²) in [6.07, 6.45) is 5.55. The Hall–Kier alpha value is -1.26. The molecule has 1 saturated heterocycles.